The zero-order chi connectivity index (χ0) is 18.2. The van der Waals surface area contributed by atoms with Crippen LogP contribution >= 0.6 is 15.9 Å². The number of anilines is 1. The molecule has 0 bridgehead atoms. The number of nitrogens with one attached hydrogen (secondary N) is 1. The number of hydrogen-bond acceptors (Lipinski definition) is 3. The SMILES string of the molecule is Cc1cc(Br)ccc1NC1CC2(CCN(C(=O)OC(C)(C)C)CC2)C1. The standard InChI is InChI=1S/C20H29BrN2O2/c1-14-11-15(21)5-6-17(14)22-16-12-20(13-16)7-9-23(10-8-20)18(24)25-19(2,3)4/h5-6,11,16,22H,7-10,12-13H2,1-4H3. The molecular formula is C20H29BrN2O2. The average Bonchev–Trinajstić information content (AvgIpc) is 2.47. The third-order valence-electron chi connectivity index (χ3n) is 5.38. The first-order valence-electron chi connectivity index (χ1n) is 9.16. The number of carbonyl (C=O) groups excluding carboxylic acids is 1. The number of rotatable bonds is 2. The van der Waals surface area contributed by atoms with E-state index in [1.807, 2.05) is 25.7 Å². The Hall–Kier alpha value is -1.23. The fraction of sp³-hybridized carbons (Fsp3) is 0.650. The van der Waals surface area contributed by atoms with Crippen molar-refractivity contribution in [1.29, 1.82) is 0 Å². The van der Waals surface area contributed by atoms with E-state index in [4.69, 9.17) is 4.74 Å². The Kier molecular flexibility index (Phi) is 5.06. The number of carbonyl (C=O) groups is 1. The summed E-state index contributed by atoms with van der Waals surface area (Å²) in [7, 11) is 0. The van der Waals surface area contributed by atoms with Crippen LogP contribution in [0.15, 0.2) is 22.7 Å². The summed E-state index contributed by atoms with van der Waals surface area (Å²) in [4.78, 5) is 14.1. The van der Waals surface area contributed by atoms with Gasteiger partial charge in [0.15, 0.2) is 0 Å². The van der Waals surface area contributed by atoms with E-state index in [0.717, 1.165) is 30.4 Å². The average molecular weight is 409 g/mol. The molecule has 0 unspecified atom stereocenters. The van der Waals surface area contributed by atoms with Crippen LogP contribution in [-0.4, -0.2) is 35.7 Å². The second kappa shape index (κ2) is 6.82. The summed E-state index contributed by atoms with van der Waals surface area (Å²) < 4.78 is 6.61. The molecule has 2 fully saturated rings. The Morgan fingerprint density at radius 3 is 2.48 bits per heavy atom. The lowest BCUT2D eigenvalue weighted by Gasteiger charge is -2.52. The Balaban J connectivity index is 1.47. The number of ether oxygens (including phenoxy) is 1. The van der Waals surface area contributed by atoms with E-state index in [-0.39, 0.29) is 6.09 Å². The highest BCUT2D eigenvalue weighted by Gasteiger charge is 2.46. The predicted octanol–water partition coefficient (Wildman–Crippen LogP) is 5.35. The number of benzene rings is 1. The highest BCUT2D eigenvalue weighted by atomic mass is 79.9. The molecule has 1 saturated heterocycles. The monoisotopic (exact) mass is 408 g/mol. The molecular weight excluding hydrogens is 380 g/mol. The molecule has 1 spiro atoms. The lowest BCUT2D eigenvalue weighted by Crippen LogP contribution is -2.53. The number of amides is 1. The van der Waals surface area contributed by atoms with Gasteiger partial charge in [0.25, 0.3) is 0 Å². The van der Waals surface area contributed by atoms with Gasteiger partial charge in [-0.15, -0.1) is 0 Å². The molecule has 1 aliphatic heterocycles. The summed E-state index contributed by atoms with van der Waals surface area (Å²) in [5, 5.41) is 3.68. The van der Waals surface area contributed by atoms with Crippen molar-refractivity contribution in [2.24, 2.45) is 5.41 Å². The highest BCUT2D eigenvalue weighted by molar-refractivity contribution is 9.10. The van der Waals surface area contributed by atoms with Crippen molar-refractivity contribution in [2.45, 2.75) is 65.0 Å². The maximum Gasteiger partial charge on any atom is 0.410 e. The van der Waals surface area contributed by atoms with Crippen LogP contribution in [0.3, 0.4) is 0 Å². The third-order valence-corrected chi connectivity index (χ3v) is 5.88. The summed E-state index contributed by atoms with van der Waals surface area (Å²) in [5.74, 6) is 0. The van der Waals surface area contributed by atoms with Gasteiger partial charge >= 0.3 is 6.09 Å². The largest absolute Gasteiger partial charge is 0.444 e. The van der Waals surface area contributed by atoms with Crippen molar-refractivity contribution in [3.05, 3.63) is 28.2 Å². The molecule has 0 atom stereocenters. The summed E-state index contributed by atoms with van der Waals surface area (Å²) in [6.45, 7) is 9.53. The minimum Gasteiger partial charge on any atom is -0.444 e. The van der Waals surface area contributed by atoms with Crippen molar-refractivity contribution in [3.8, 4) is 0 Å². The van der Waals surface area contributed by atoms with Crippen LogP contribution in [0.2, 0.25) is 0 Å². The Morgan fingerprint density at radius 1 is 1.28 bits per heavy atom. The molecule has 1 aromatic carbocycles. The first-order chi connectivity index (χ1) is 11.7. The lowest BCUT2D eigenvalue weighted by atomic mass is 9.60. The third kappa shape index (κ3) is 4.49. The molecule has 138 valence electrons. The van der Waals surface area contributed by atoms with Crippen molar-refractivity contribution in [2.75, 3.05) is 18.4 Å². The molecule has 2 aliphatic rings. The Morgan fingerprint density at radius 2 is 1.92 bits per heavy atom. The number of aryl methyl sites for hydroxylation is 1. The Labute approximate surface area is 159 Å². The van der Waals surface area contributed by atoms with E-state index in [2.05, 4.69) is 46.4 Å². The lowest BCUT2D eigenvalue weighted by molar-refractivity contribution is -0.00860. The fourth-order valence-corrected chi connectivity index (χ4v) is 4.47. The maximum atomic E-state index is 12.2. The van der Waals surface area contributed by atoms with E-state index < -0.39 is 5.60 Å². The van der Waals surface area contributed by atoms with Gasteiger partial charge in [-0.05, 0) is 82.6 Å². The second-order valence-electron chi connectivity index (χ2n) is 8.68. The zero-order valence-electron chi connectivity index (χ0n) is 15.7. The van der Waals surface area contributed by atoms with E-state index in [9.17, 15) is 4.79 Å². The molecule has 1 heterocycles. The molecule has 0 aromatic heterocycles. The Bertz CT molecular complexity index is 638. The molecule has 3 rings (SSSR count). The van der Waals surface area contributed by atoms with Gasteiger partial charge in [-0.25, -0.2) is 4.79 Å². The van der Waals surface area contributed by atoms with Crippen molar-refractivity contribution in [1.82, 2.24) is 4.90 Å². The van der Waals surface area contributed by atoms with Gasteiger partial charge in [0.05, 0.1) is 0 Å². The normalized spacial score (nSPS) is 20.3. The summed E-state index contributed by atoms with van der Waals surface area (Å²) in [6.07, 6.45) is 4.41. The van der Waals surface area contributed by atoms with Crippen molar-refractivity contribution < 1.29 is 9.53 Å². The number of halogens is 1. The van der Waals surface area contributed by atoms with Crippen LogP contribution in [0.5, 0.6) is 0 Å². The van der Waals surface area contributed by atoms with Gasteiger partial charge in [-0.1, -0.05) is 15.9 Å². The highest BCUT2D eigenvalue weighted by Crippen LogP contribution is 2.50. The van der Waals surface area contributed by atoms with Gasteiger partial charge in [0.2, 0.25) is 0 Å². The van der Waals surface area contributed by atoms with E-state index in [1.54, 1.807) is 0 Å². The molecule has 5 heteroatoms. The summed E-state index contributed by atoms with van der Waals surface area (Å²) in [5.41, 5.74) is 2.50. The van der Waals surface area contributed by atoms with Crippen molar-refractivity contribution in [3.63, 3.8) is 0 Å². The molecule has 1 aromatic rings. The van der Waals surface area contributed by atoms with Gasteiger partial charge in [0, 0.05) is 29.3 Å². The molecule has 1 amide bonds. The van der Waals surface area contributed by atoms with Crippen LogP contribution < -0.4 is 5.32 Å². The van der Waals surface area contributed by atoms with Crippen molar-refractivity contribution >= 4 is 27.7 Å². The van der Waals surface area contributed by atoms with Crippen LogP contribution in [-0.2, 0) is 4.74 Å². The maximum absolute atomic E-state index is 12.2. The van der Waals surface area contributed by atoms with E-state index >= 15 is 0 Å². The molecule has 4 nitrogen and oxygen atoms in total. The summed E-state index contributed by atoms with van der Waals surface area (Å²) >= 11 is 3.52. The minimum absolute atomic E-state index is 0.165. The quantitative estimate of drug-likeness (QED) is 0.716. The van der Waals surface area contributed by atoms with Crippen LogP contribution in [0.4, 0.5) is 10.5 Å². The number of hydrogen-bond donors (Lipinski definition) is 1. The summed E-state index contributed by atoms with van der Waals surface area (Å²) in [6, 6.07) is 6.93. The van der Waals surface area contributed by atoms with Crippen LogP contribution in [0, 0.1) is 12.3 Å². The van der Waals surface area contributed by atoms with E-state index in [1.165, 1.54) is 24.1 Å². The zero-order valence-corrected chi connectivity index (χ0v) is 17.3. The topological polar surface area (TPSA) is 41.6 Å². The molecule has 1 aliphatic carbocycles. The van der Waals surface area contributed by atoms with Crippen LogP contribution in [0.1, 0.15) is 52.0 Å². The second-order valence-corrected chi connectivity index (χ2v) is 9.59. The van der Waals surface area contributed by atoms with Gasteiger partial charge in [-0.2, -0.15) is 0 Å². The first kappa shape index (κ1) is 18.6. The van der Waals surface area contributed by atoms with E-state index in [0.29, 0.717) is 11.5 Å². The fourth-order valence-electron chi connectivity index (χ4n) is 3.99. The predicted molar refractivity (Wildman–Crippen MR) is 105 cm³/mol. The molecule has 1 N–H and O–H groups in total. The number of likely N-dealkylation sites (tertiary alicyclic amines) is 1. The first-order valence-corrected chi connectivity index (χ1v) is 9.96. The van der Waals surface area contributed by atoms with Gasteiger partial charge in [0.1, 0.15) is 5.60 Å². The van der Waals surface area contributed by atoms with Gasteiger partial charge in [-0.3, -0.25) is 0 Å². The molecule has 25 heavy (non-hydrogen) atoms. The molecule has 0 radical (unpaired) electrons. The van der Waals surface area contributed by atoms with Gasteiger partial charge < -0.3 is 15.0 Å². The minimum atomic E-state index is -0.416. The number of piperidine rings is 1. The van der Waals surface area contributed by atoms with Crippen LogP contribution in [0.25, 0.3) is 0 Å². The molecule has 1 saturated carbocycles. The number of nitrogens with zero attached hydrogens (tertiary/aromatic N) is 1. The smallest absolute Gasteiger partial charge is 0.410 e.